The molecule has 1 heteroatoms. The van der Waals surface area contributed by atoms with Crippen LogP contribution in [0.5, 0.6) is 0 Å². The van der Waals surface area contributed by atoms with E-state index < -0.39 is 0 Å². The molecule has 0 amide bonds. The third kappa shape index (κ3) is 1.71. The van der Waals surface area contributed by atoms with Crippen molar-refractivity contribution in [1.29, 1.82) is 0 Å². The number of allylic oxidation sites excluding steroid dienone is 6. The molecule has 0 bridgehead atoms. The van der Waals surface area contributed by atoms with Crippen LogP contribution in [0.1, 0.15) is 44.9 Å². The molecular weight excluding hydrogens is 230 g/mol. The zero-order valence-electron chi connectivity index (χ0n) is 12.3. The Morgan fingerprint density at radius 2 is 2.05 bits per heavy atom. The highest BCUT2D eigenvalue weighted by molar-refractivity contribution is 5.51. The van der Waals surface area contributed by atoms with Crippen LogP contribution in [0.15, 0.2) is 34.9 Å². The molecule has 1 nitrogen and oxygen atoms in total. The lowest BCUT2D eigenvalue weighted by molar-refractivity contribution is 0.271. The Hall–Kier alpha value is -0.820. The molecule has 2 saturated carbocycles. The largest absolute Gasteiger partial charge is 0.306 e. The highest BCUT2D eigenvalue weighted by Crippen LogP contribution is 2.70. The molecule has 0 aromatic carbocycles. The van der Waals surface area contributed by atoms with Gasteiger partial charge < -0.3 is 4.90 Å². The van der Waals surface area contributed by atoms with Crippen molar-refractivity contribution < 1.29 is 0 Å². The van der Waals surface area contributed by atoms with Crippen LogP contribution in [0.2, 0.25) is 0 Å². The average Bonchev–Trinajstić information content (AvgIpc) is 3.00. The van der Waals surface area contributed by atoms with Crippen LogP contribution in [-0.2, 0) is 0 Å². The third-order valence-corrected chi connectivity index (χ3v) is 6.01. The van der Waals surface area contributed by atoms with Crippen molar-refractivity contribution in [3.8, 4) is 0 Å². The van der Waals surface area contributed by atoms with E-state index in [1.54, 1.807) is 16.7 Å². The second-order valence-electron chi connectivity index (χ2n) is 7.22. The molecule has 0 saturated heterocycles. The fourth-order valence-corrected chi connectivity index (χ4v) is 4.86. The Bertz CT molecular complexity index is 494. The second-order valence-corrected chi connectivity index (χ2v) is 7.22. The van der Waals surface area contributed by atoms with Crippen LogP contribution in [-0.4, -0.2) is 25.0 Å². The standard InChI is InChI=1S/C18H25N/c1-19(2)15-10-14-11-18(14,12-15)17-9-5-7-13-6-3-4-8-16(13)17/h3,6,9,14-15H,4-5,7-8,10-12H2,1-2H3. The SMILES string of the molecule is CN(C)C1CC2CC2(C2=CCCC3=C2CCC=C3)C1. The first kappa shape index (κ1) is 12.0. The fraction of sp³-hybridized carbons (Fsp3) is 0.667. The number of hydrogen-bond acceptors (Lipinski definition) is 1. The van der Waals surface area contributed by atoms with Gasteiger partial charge in [0, 0.05) is 6.04 Å². The van der Waals surface area contributed by atoms with E-state index in [9.17, 15) is 0 Å². The summed E-state index contributed by atoms with van der Waals surface area (Å²) >= 11 is 0. The Morgan fingerprint density at radius 1 is 1.16 bits per heavy atom. The Kier molecular flexibility index (Phi) is 2.57. The van der Waals surface area contributed by atoms with Gasteiger partial charge in [-0.3, -0.25) is 0 Å². The lowest BCUT2D eigenvalue weighted by Gasteiger charge is -2.30. The summed E-state index contributed by atoms with van der Waals surface area (Å²) in [7, 11) is 4.51. The van der Waals surface area contributed by atoms with Crippen molar-refractivity contribution in [1.82, 2.24) is 4.90 Å². The van der Waals surface area contributed by atoms with E-state index in [0.29, 0.717) is 5.41 Å². The van der Waals surface area contributed by atoms with Crippen LogP contribution in [0.4, 0.5) is 0 Å². The average molecular weight is 255 g/mol. The fourth-order valence-electron chi connectivity index (χ4n) is 4.86. The first-order valence-electron chi connectivity index (χ1n) is 7.97. The topological polar surface area (TPSA) is 3.24 Å². The highest BCUT2D eigenvalue weighted by atomic mass is 15.1. The molecule has 0 heterocycles. The Morgan fingerprint density at radius 3 is 2.84 bits per heavy atom. The summed E-state index contributed by atoms with van der Waals surface area (Å²) in [5.74, 6) is 0.990. The lowest BCUT2D eigenvalue weighted by Crippen LogP contribution is -2.27. The van der Waals surface area contributed by atoms with Gasteiger partial charge in [-0.15, -0.1) is 0 Å². The van der Waals surface area contributed by atoms with Crippen molar-refractivity contribution in [2.45, 2.75) is 51.0 Å². The number of rotatable bonds is 2. The molecule has 102 valence electrons. The maximum absolute atomic E-state index is 2.61. The second kappa shape index (κ2) is 4.09. The zero-order valence-corrected chi connectivity index (χ0v) is 12.3. The van der Waals surface area contributed by atoms with E-state index >= 15 is 0 Å². The van der Waals surface area contributed by atoms with Gasteiger partial charge in [0.05, 0.1) is 0 Å². The summed E-state index contributed by atoms with van der Waals surface area (Å²) in [6, 6.07) is 0.824. The normalized spacial score (nSPS) is 40.3. The molecule has 0 spiro atoms. The summed E-state index contributed by atoms with van der Waals surface area (Å²) in [5.41, 5.74) is 5.79. The van der Waals surface area contributed by atoms with Crippen LogP contribution < -0.4 is 0 Å². The Labute approximate surface area is 117 Å². The molecule has 0 aromatic heterocycles. The minimum absolute atomic E-state index is 0.598. The number of nitrogens with zero attached hydrogens (tertiary/aromatic N) is 1. The first-order chi connectivity index (χ1) is 9.21. The Balaban J connectivity index is 1.65. The maximum atomic E-state index is 2.61. The van der Waals surface area contributed by atoms with E-state index in [4.69, 9.17) is 0 Å². The van der Waals surface area contributed by atoms with Gasteiger partial charge >= 0.3 is 0 Å². The summed E-state index contributed by atoms with van der Waals surface area (Å²) in [5, 5.41) is 0. The maximum Gasteiger partial charge on any atom is 0.0101 e. The van der Waals surface area contributed by atoms with E-state index in [0.717, 1.165) is 12.0 Å². The molecule has 0 aliphatic heterocycles. The van der Waals surface area contributed by atoms with Gasteiger partial charge in [0.25, 0.3) is 0 Å². The van der Waals surface area contributed by atoms with Gasteiger partial charge in [0.2, 0.25) is 0 Å². The van der Waals surface area contributed by atoms with Gasteiger partial charge in [0.15, 0.2) is 0 Å². The molecule has 3 atom stereocenters. The van der Waals surface area contributed by atoms with Crippen LogP contribution in [0, 0.1) is 11.3 Å². The minimum Gasteiger partial charge on any atom is -0.306 e. The summed E-state index contributed by atoms with van der Waals surface area (Å²) in [6.45, 7) is 0. The van der Waals surface area contributed by atoms with Gasteiger partial charge in [-0.25, -0.2) is 0 Å². The quantitative estimate of drug-likeness (QED) is 0.718. The first-order valence-corrected chi connectivity index (χ1v) is 7.97. The summed E-state index contributed by atoms with van der Waals surface area (Å²) < 4.78 is 0. The van der Waals surface area contributed by atoms with Crippen molar-refractivity contribution in [2.75, 3.05) is 14.1 Å². The number of fused-ring (bicyclic) bond motifs is 1. The molecule has 0 N–H and O–H groups in total. The smallest absolute Gasteiger partial charge is 0.0101 e. The van der Waals surface area contributed by atoms with Crippen LogP contribution in [0.3, 0.4) is 0 Å². The van der Waals surface area contributed by atoms with Crippen molar-refractivity contribution in [2.24, 2.45) is 11.3 Å². The van der Waals surface area contributed by atoms with Gasteiger partial charge in [-0.2, -0.15) is 0 Å². The van der Waals surface area contributed by atoms with Gasteiger partial charge in [0.1, 0.15) is 0 Å². The molecule has 4 aliphatic rings. The predicted octanol–water partition coefficient (Wildman–Crippen LogP) is 4.08. The molecule has 2 fully saturated rings. The zero-order chi connectivity index (χ0) is 13.0. The molecule has 19 heavy (non-hydrogen) atoms. The predicted molar refractivity (Wildman–Crippen MR) is 80.0 cm³/mol. The van der Waals surface area contributed by atoms with Crippen molar-refractivity contribution in [3.63, 3.8) is 0 Å². The van der Waals surface area contributed by atoms with Crippen LogP contribution in [0.25, 0.3) is 0 Å². The van der Waals surface area contributed by atoms with Crippen LogP contribution >= 0.6 is 0 Å². The highest BCUT2D eigenvalue weighted by Gasteiger charge is 2.62. The van der Waals surface area contributed by atoms with E-state index in [1.807, 2.05) is 0 Å². The molecule has 0 aromatic rings. The molecule has 4 rings (SSSR count). The molecular formula is C18H25N. The monoisotopic (exact) mass is 255 g/mol. The summed E-state index contributed by atoms with van der Waals surface area (Å²) in [6.07, 6.45) is 16.8. The minimum atomic E-state index is 0.598. The van der Waals surface area contributed by atoms with E-state index in [2.05, 4.69) is 37.2 Å². The summed E-state index contributed by atoms with van der Waals surface area (Å²) in [4.78, 5) is 2.45. The lowest BCUT2D eigenvalue weighted by atomic mass is 9.76. The molecule has 3 unspecified atom stereocenters. The van der Waals surface area contributed by atoms with Crippen molar-refractivity contribution >= 4 is 0 Å². The molecule has 0 radical (unpaired) electrons. The molecule has 4 aliphatic carbocycles. The third-order valence-electron chi connectivity index (χ3n) is 6.01. The van der Waals surface area contributed by atoms with Gasteiger partial charge in [-0.05, 0) is 87.1 Å². The number of hydrogen-bond donors (Lipinski definition) is 0. The van der Waals surface area contributed by atoms with E-state index in [1.165, 1.54) is 44.9 Å². The van der Waals surface area contributed by atoms with Gasteiger partial charge in [-0.1, -0.05) is 18.2 Å². The van der Waals surface area contributed by atoms with E-state index in [-0.39, 0.29) is 0 Å². The van der Waals surface area contributed by atoms with Crippen molar-refractivity contribution in [3.05, 3.63) is 34.9 Å².